The van der Waals surface area contributed by atoms with Gasteiger partial charge in [-0.25, -0.2) is 4.98 Å². The van der Waals surface area contributed by atoms with Gasteiger partial charge < -0.3 is 9.80 Å². The van der Waals surface area contributed by atoms with Gasteiger partial charge in [-0.1, -0.05) is 18.2 Å². The molecule has 2 aromatic carbocycles. The van der Waals surface area contributed by atoms with Crippen LogP contribution in [0.2, 0.25) is 0 Å². The van der Waals surface area contributed by atoms with Crippen molar-refractivity contribution in [3.63, 3.8) is 0 Å². The predicted molar refractivity (Wildman–Crippen MR) is 124 cm³/mol. The predicted octanol–water partition coefficient (Wildman–Crippen LogP) is 2.73. The Kier molecular flexibility index (Phi) is 5.36. The summed E-state index contributed by atoms with van der Waals surface area (Å²) in [6.07, 6.45) is 0.897. The fourth-order valence-corrected chi connectivity index (χ4v) is 4.58. The van der Waals surface area contributed by atoms with E-state index >= 15 is 0 Å². The van der Waals surface area contributed by atoms with Gasteiger partial charge in [-0.3, -0.25) is 19.8 Å². The summed E-state index contributed by atoms with van der Waals surface area (Å²) in [4.78, 5) is 34.3. The van der Waals surface area contributed by atoms with Gasteiger partial charge in [0.2, 0.25) is 5.91 Å². The minimum absolute atomic E-state index is 0.0625. The molecule has 0 spiro atoms. The number of non-ortho nitro benzene ring substituents is 1. The Labute approximate surface area is 190 Å². The number of benzene rings is 2. The van der Waals surface area contributed by atoms with Crippen molar-refractivity contribution in [3.05, 3.63) is 69.8 Å². The molecule has 0 aliphatic carbocycles. The number of hydrogen-bond donors (Lipinski definition) is 0. The SMILES string of the molecule is N#Cc1cc(N2CCN(CC(=O)N3CCc4ccccc43)CC2)nc2ccc([N+](=O)[O-])cc12. The highest BCUT2D eigenvalue weighted by Gasteiger charge is 2.27. The second-order valence-corrected chi connectivity index (χ2v) is 8.29. The summed E-state index contributed by atoms with van der Waals surface area (Å²) in [7, 11) is 0. The first-order valence-electron chi connectivity index (χ1n) is 10.9. The molecule has 0 atom stereocenters. The number of hydrogen-bond acceptors (Lipinski definition) is 7. The third-order valence-electron chi connectivity index (χ3n) is 6.35. The Bertz CT molecular complexity index is 1290. The topological polar surface area (TPSA) is 107 Å². The average molecular weight is 442 g/mol. The van der Waals surface area contributed by atoms with Gasteiger partial charge in [-0.05, 0) is 30.2 Å². The highest BCUT2D eigenvalue weighted by Crippen LogP contribution is 2.28. The molecule has 33 heavy (non-hydrogen) atoms. The van der Waals surface area contributed by atoms with Crippen LogP contribution in [0.5, 0.6) is 0 Å². The smallest absolute Gasteiger partial charge is 0.270 e. The highest BCUT2D eigenvalue weighted by atomic mass is 16.6. The molecule has 0 saturated carbocycles. The van der Waals surface area contributed by atoms with E-state index in [1.807, 2.05) is 23.1 Å². The normalized spacial score (nSPS) is 16.0. The van der Waals surface area contributed by atoms with Gasteiger partial charge >= 0.3 is 0 Å². The van der Waals surface area contributed by atoms with Crippen molar-refractivity contribution in [2.45, 2.75) is 6.42 Å². The zero-order valence-electron chi connectivity index (χ0n) is 18.0. The molecule has 0 bridgehead atoms. The van der Waals surface area contributed by atoms with E-state index in [2.05, 4.69) is 26.9 Å². The molecule has 3 heterocycles. The number of aromatic nitrogens is 1. The van der Waals surface area contributed by atoms with Crippen molar-refractivity contribution in [3.8, 4) is 6.07 Å². The minimum Gasteiger partial charge on any atom is -0.354 e. The highest BCUT2D eigenvalue weighted by molar-refractivity contribution is 5.96. The lowest BCUT2D eigenvalue weighted by atomic mass is 10.1. The quantitative estimate of drug-likeness (QED) is 0.452. The number of amides is 1. The standard InChI is InChI=1S/C24H22N6O3/c25-15-18-13-23(26-21-6-5-19(30(32)33)14-20(18)21)28-11-9-27(10-12-28)16-24(31)29-8-7-17-3-1-2-4-22(17)29/h1-6,13-14H,7-12,16H2. The Morgan fingerprint density at radius 3 is 2.64 bits per heavy atom. The van der Waals surface area contributed by atoms with Crippen molar-refractivity contribution < 1.29 is 9.72 Å². The van der Waals surface area contributed by atoms with Gasteiger partial charge in [-0.2, -0.15) is 5.26 Å². The van der Waals surface area contributed by atoms with E-state index in [1.165, 1.54) is 17.7 Å². The molecule has 1 amide bonds. The number of nitro groups is 1. The van der Waals surface area contributed by atoms with E-state index in [-0.39, 0.29) is 11.6 Å². The minimum atomic E-state index is -0.476. The maximum absolute atomic E-state index is 12.9. The summed E-state index contributed by atoms with van der Waals surface area (Å²) in [5.41, 5.74) is 3.10. The van der Waals surface area contributed by atoms with E-state index in [9.17, 15) is 20.2 Å². The maximum Gasteiger partial charge on any atom is 0.270 e. The Hall–Kier alpha value is -4.03. The van der Waals surface area contributed by atoms with Crippen molar-refractivity contribution in [1.29, 1.82) is 5.26 Å². The zero-order valence-corrected chi connectivity index (χ0v) is 18.0. The second-order valence-electron chi connectivity index (χ2n) is 8.29. The van der Waals surface area contributed by atoms with Crippen LogP contribution in [-0.2, 0) is 11.2 Å². The third-order valence-corrected chi connectivity index (χ3v) is 6.35. The maximum atomic E-state index is 12.9. The van der Waals surface area contributed by atoms with Gasteiger partial charge in [0.25, 0.3) is 5.69 Å². The van der Waals surface area contributed by atoms with Crippen molar-refractivity contribution in [2.75, 3.05) is 49.1 Å². The van der Waals surface area contributed by atoms with E-state index < -0.39 is 4.92 Å². The number of nitrogens with zero attached hydrogens (tertiary/aromatic N) is 6. The molecule has 2 aliphatic rings. The van der Waals surface area contributed by atoms with E-state index in [0.29, 0.717) is 55.0 Å². The van der Waals surface area contributed by atoms with Crippen molar-refractivity contribution in [2.24, 2.45) is 0 Å². The third kappa shape index (κ3) is 3.97. The number of carbonyl (C=O) groups excluding carboxylic acids is 1. The summed E-state index contributed by atoms with van der Waals surface area (Å²) in [6.45, 7) is 3.89. The summed E-state index contributed by atoms with van der Waals surface area (Å²) in [6, 6.07) is 16.3. The fraction of sp³-hybridized carbons (Fsp3) is 0.292. The van der Waals surface area contributed by atoms with Gasteiger partial charge in [0.1, 0.15) is 5.82 Å². The molecule has 166 valence electrons. The molecule has 9 nitrogen and oxygen atoms in total. The zero-order chi connectivity index (χ0) is 22.9. The van der Waals surface area contributed by atoms with Gasteiger partial charge in [0.05, 0.1) is 28.6 Å². The number of rotatable bonds is 4. The molecule has 1 aromatic heterocycles. The largest absolute Gasteiger partial charge is 0.354 e. The average Bonchev–Trinajstić information content (AvgIpc) is 3.28. The lowest BCUT2D eigenvalue weighted by Crippen LogP contribution is -2.50. The second kappa shape index (κ2) is 8.48. The van der Waals surface area contributed by atoms with Crippen LogP contribution >= 0.6 is 0 Å². The Balaban J connectivity index is 1.26. The lowest BCUT2D eigenvalue weighted by Gasteiger charge is -2.35. The van der Waals surface area contributed by atoms with Crippen LogP contribution in [-0.4, -0.2) is 60.0 Å². The van der Waals surface area contributed by atoms with Crippen LogP contribution in [0, 0.1) is 21.4 Å². The van der Waals surface area contributed by atoms with Crippen LogP contribution in [0.1, 0.15) is 11.1 Å². The molecule has 0 radical (unpaired) electrons. The van der Waals surface area contributed by atoms with Crippen LogP contribution in [0.25, 0.3) is 10.9 Å². The number of para-hydroxylation sites is 1. The fourth-order valence-electron chi connectivity index (χ4n) is 4.58. The molecule has 0 unspecified atom stereocenters. The first kappa shape index (κ1) is 20.8. The monoisotopic (exact) mass is 442 g/mol. The number of carbonyl (C=O) groups is 1. The van der Waals surface area contributed by atoms with Gasteiger partial charge in [0, 0.05) is 55.9 Å². The Morgan fingerprint density at radius 1 is 1.09 bits per heavy atom. The molecular weight excluding hydrogens is 420 g/mol. The number of piperazine rings is 1. The van der Waals surface area contributed by atoms with Crippen LogP contribution in [0.15, 0.2) is 48.5 Å². The summed E-state index contributed by atoms with van der Waals surface area (Å²) >= 11 is 0. The van der Waals surface area contributed by atoms with E-state index in [4.69, 9.17) is 0 Å². The van der Waals surface area contributed by atoms with Gasteiger partial charge in [0.15, 0.2) is 0 Å². The molecule has 1 fully saturated rings. The summed E-state index contributed by atoms with van der Waals surface area (Å²) in [5.74, 6) is 0.790. The molecule has 5 rings (SSSR count). The molecule has 2 aliphatic heterocycles. The van der Waals surface area contributed by atoms with E-state index in [1.54, 1.807) is 12.1 Å². The summed E-state index contributed by atoms with van der Waals surface area (Å²) < 4.78 is 0. The van der Waals surface area contributed by atoms with Crippen molar-refractivity contribution in [1.82, 2.24) is 9.88 Å². The molecule has 0 N–H and O–H groups in total. The van der Waals surface area contributed by atoms with E-state index in [0.717, 1.165) is 18.7 Å². The van der Waals surface area contributed by atoms with Crippen molar-refractivity contribution >= 4 is 34.0 Å². The molecule has 3 aromatic rings. The molecule has 1 saturated heterocycles. The number of nitriles is 1. The van der Waals surface area contributed by atoms with Crippen LogP contribution in [0.3, 0.4) is 0 Å². The first-order valence-corrected chi connectivity index (χ1v) is 10.9. The number of nitro benzene ring substituents is 1. The number of pyridine rings is 1. The molecule has 9 heteroatoms. The van der Waals surface area contributed by atoms with Crippen LogP contribution in [0.4, 0.5) is 17.2 Å². The van der Waals surface area contributed by atoms with Crippen LogP contribution < -0.4 is 9.80 Å². The molecular formula is C24H22N6O3. The Morgan fingerprint density at radius 2 is 1.88 bits per heavy atom. The number of fused-ring (bicyclic) bond motifs is 2. The number of anilines is 2. The van der Waals surface area contributed by atoms with Gasteiger partial charge in [-0.15, -0.1) is 0 Å². The first-order chi connectivity index (χ1) is 16.0. The lowest BCUT2D eigenvalue weighted by molar-refractivity contribution is -0.384. The summed E-state index contributed by atoms with van der Waals surface area (Å²) in [5, 5.41) is 21.1.